The molecule has 0 heterocycles. The van der Waals surface area contributed by atoms with Crippen LogP contribution < -0.4 is 0 Å². The zero-order valence-corrected chi connectivity index (χ0v) is 7.10. The molecule has 2 atom stereocenters. The first-order chi connectivity index (χ1) is 6.35. The predicted molar refractivity (Wildman–Crippen MR) is 48.3 cm³/mol. The summed E-state index contributed by atoms with van der Waals surface area (Å²) in [5.41, 5.74) is 1.87. The number of nitriles is 1. The molecule has 0 aliphatic heterocycles. The standard InChI is InChI=1S/C11H9NO/c12-6-10-5-11(10)9-3-1-8(7-13)2-4-9/h1-4,7,10-11H,5H2. The van der Waals surface area contributed by atoms with Gasteiger partial charge in [0, 0.05) is 11.5 Å². The van der Waals surface area contributed by atoms with E-state index in [4.69, 9.17) is 5.26 Å². The molecule has 0 amide bonds. The highest BCUT2D eigenvalue weighted by molar-refractivity contribution is 5.74. The van der Waals surface area contributed by atoms with Crippen LogP contribution in [0.3, 0.4) is 0 Å². The Morgan fingerprint density at radius 2 is 2.08 bits per heavy atom. The Bertz CT molecular complexity index is 361. The molecule has 1 fully saturated rings. The molecule has 1 aromatic rings. The van der Waals surface area contributed by atoms with Gasteiger partial charge in [-0.2, -0.15) is 5.26 Å². The molecule has 2 unspecified atom stereocenters. The topological polar surface area (TPSA) is 40.9 Å². The molecule has 0 radical (unpaired) electrons. The van der Waals surface area contributed by atoms with E-state index in [2.05, 4.69) is 6.07 Å². The second-order valence-electron chi connectivity index (χ2n) is 3.36. The van der Waals surface area contributed by atoms with E-state index in [0.717, 1.165) is 12.7 Å². The first-order valence-electron chi connectivity index (χ1n) is 4.30. The number of hydrogen-bond acceptors (Lipinski definition) is 2. The van der Waals surface area contributed by atoms with Crippen molar-refractivity contribution in [1.82, 2.24) is 0 Å². The molecule has 1 saturated carbocycles. The molecule has 1 aliphatic rings. The average molecular weight is 171 g/mol. The number of carbonyl (C=O) groups is 1. The Morgan fingerprint density at radius 1 is 1.38 bits per heavy atom. The smallest absolute Gasteiger partial charge is 0.150 e. The van der Waals surface area contributed by atoms with Gasteiger partial charge in [0.2, 0.25) is 0 Å². The Morgan fingerprint density at radius 3 is 2.54 bits per heavy atom. The molecule has 2 heteroatoms. The fraction of sp³-hybridized carbons (Fsp3) is 0.273. The Kier molecular flexibility index (Phi) is 1.86. The fourth-order valence-corrected chi connectivity index (χ4v) is 1.53. The van der Waals surface area contributed by atoms with Crippen LogP contribution in [-0.2, 0) is 0 Å². The quantitative estimate of drug-likeness (QED) is 0.639. The summed E-state index contributed by atoms with van der Waals surface area (Å²) in [4.78, 5) is 10.4. The van der Waals surface area contributed by atoms with E-state index >= 15 is 0 Å². The number of carbonyl (C=O) groups excluding carboxylic acids is 1. The van der Waals surface area contributed by atoms with Gasteiger partial charge in [-0.1, -0.05) is 24.3 Å². The van der Waals surface area contributed by atoms with Crippen LogP contribution in [0.2, 0.25) is 0 Å². The average Bonchev–Trinajstić information content (AvgIpc) is 2.97. The molecule has 2 nitrogen and oxygen atoms in total. The second kappa shape index (κ2) is 3.02. The summed E-state index contributed by atoms with van der Waals surface area (Å²) in [6, 6.07) is 9.72. The highest BCUT2D eigenvalue weighted by atomic mass is 16.1. The molecule has 2 rings (SSSR count). The van der Waals surface area contributed by atoms with Crippen molar-refractivity contribution in [3.8, 4) is 6.07 Å². The van der Waals surface area contributed by atoms with E-state index in [9.17, 15) is 4.79 Å². The maximum absolute atomic E-state index is 10.4. The third kappa shape index (κ3) is 1.46. The largest absolute Gasteiger partial charge is 0.298 e. The third-order valence-electron chi connectivity index (χ3n) is 2.46. The summed E-state index contributed by atoms with van der Waals surface area (Å²) in [6.45, 7) is 0. The van der Waals surface area contributed by atoms with Crippen molar-refractivity contribution in [2.24, 2.45) is 5.92 Å². The fourth-order valence-electron chi connectivity index (χ4n) is 1.53. The molecular formula is C11H9NO. The number of benzene rings is 1. The summed E-state index contributed by atoms with van der Waals surface area (Å²) in [5, 5.41) is 8.63. The molecular weight excluding hydrogens is 162 g/mol. The normalized spacial score (nSPS) is 24.8. The van der Waals surface area contributed by atoms with E-state index in [-0.39, 0.29) is 5.92 Å². The van der Waals surface area contributed by atoms with E-state index < -0.39 is 0 Å². The zero-order chi connectivity index (χ0) is 9.26. The van der Waals surface area contributed by atoms with E-state index in [1.165, 1.54) is 5.56 Å². The van der Waals surface area contributed by atoms with Crippen molar-refractivity contribution in [2.75, 3.05) is 0 Å². The Labute approximate surface area is 76.8 Å². The van der Waals surface area contributed by atoms with Crippen LogP contribution in [0.15, 0.2) is 24.3 Å². The maximum Gasteiger partial charge on any atom is 0.150 e. The summed E-state index contributed by atoms with van der Waals surface area (Å²) in [7, 11) is 0. The lowest BCUT2D eigenvalue weighted by atomic mass is 10.1. The van der Waals surface area contributed by atoms with Gasteiger partial charge in [-0.3, -0.25) is 4.79 Å². The highest BCUT2D eigenvalue weighted by Gasteiger charge is 2.38. The van der Waals surface area contributed by atoms with Crippen molar-refractivity contribution < 1.29 is 4.79 Å². The van der Waals surface area contributed by atoms with E-state index in [1.807, 2.05) is 12.1 Å². The van der Waals surface area contributed by atoms with E-state index in [1.54, 1.807) is 12.1 Å². The monoisotopic (exact) mass is 171 g/mol. The molecule has 0 aromatic heterocycles. The molecule has 0 spiro atoms. The van der Waals surface area contributed by atoms with Crippen molar-refractivity contribution in [1.29, 1.82) is 5.26 Å². The minimum Gasteiger partial charge on any atom is -0.298 e. The lowest BCUT2D eigenvalue weighted by Crippen LogP contribution is -1.83. The van der Waals surface area contributed by atoms with Gasteiger partial charge in [0.25, 0.3) is 0 Å². The number of nitrogens with zero attached hydrogens (tertiary/aromatic N) is 1. The Balaban J connectivity index is 2.16. The van der Waals surface area contributed by atoms with E-state index in [0.29, 0.717) is 11.5 Å². The van der Waals surface area contributed by atoms with Gasteiger partial charge < -0.3 is 0 Å². The van der Waals surface area contributed by atoms with Crippen LogP contribution in [0.4, 0.5) is 0 Å². The lowest BCUT2D eigenvalue weighted by Gasteiger charge is -1.96. The van der Waals surface area contributed by atoms with Gasteiger partial charge in [0.1, 0.15) is 6.29 Å². The SMILES string of the molecule is N#CC1CC1c1ccc(C=O)cc1. The summed E-state index contributed by atoms with van der Waals surface area (Å²) >= 11 is 0. The van der Waals surface area contributed by atoms with Crippen LogP contribution in [0, 0.1) is 17.2 Å². The maximum atomic E-state index is 10.4. The molecule has 1 aromatic carbocycles. The highest BCUT2D eigenvalue weighted by Crippen LogP contribution is 2.46. The van der Waals surface area contributed by atoms with Gasteiger partial charge in [0.05, 0.1) is 12.0 Å². The lowest BCUT2D eigenvalue weighted by molar-refractivity contribution is 0.112. The van der Waals surface area contributed by atoms with Crippen LogP contribution in [0.5, 0.6) is 0 Å². The summed E-state index contributed by atoms with van der Waals surface area (Å²) in [5.74, 6) is 0.604. The second-order valence-corrected chi connectivity index (χ2v) is 3.36. The predicted octanol–water partition coefficient (Wildman–Crippen LogP) is 2.13. The molecule has 13 heavy (non-hydrogen) atoms. The van der Waals surface area contributed by atoms with Crippen molar-refractivity contribution in [2.45, 2.75) is 12.3 Å². The van der Waals surface area contributed by atoms with Crippen molar-refractivity contribution in [3.63, 3.8) is 0 Å². The Hall–Kier alpha value is -1.62. The molecule has 1 aliphatic carbocycles. The van der Waals surface area contributed by atoms with Crippen molar-refractivity contribution in [3.05, 3.63) is 35.4 Å². The minimum absolute atomic E-state index is 0.196. The third-order valence-corrected chi connectivity index (χ3v) is 2.46. The van der Waals surface area contributed by atoms with Crippen LogP contribution in [0.1, 0.15) is 28.3 Å². The zero-order valence-electron chi connectivity index (χ0n) is 7.10. The minimum atomic E-state index is 0.196. The first-order valence-corrected chi connectivity index (χ1v) is 4.30. The van der Waals surface area contributed by atoms with Gasteiger partial charge >= 0.3 is 0 Å². The van der Waals surface area contributed by atoms with Gasteiger partial charge in [-0.25, -0.2) is 0 Å². The van der Waals surface area contributed by atoms with Gasteiger partial charge in [-0.05, 0) is 12.0 Å². The number of hydrogen-bond donors (Lipinski definition) is 0. The van der Waals surface area contributed by atoms with Crippen LogP contribution in [-0.4, -0.2) is 6.29 Å². The molecule has 64 valence electrons. The molecule has 0 bridgehead atoms. The van der Waals surface area contributed by atoms with Gasteiger partial charge in [0.15, 0.2) is 0 Å². The van der Waals surface area contributed by atoms with Crippen LogP contribution in [0.25, 0.3) is 0 Å². The summed E-state index contributed by atoms with van der Waals surface area (Å²) < 4.78 is 0. The van der Waals surface area contributed by atoms with Crippen LogP contribution >= 0.6 is 0 Å². The summed E-state index contributed by atoms with van der Waals surface area (Å²) in [6.07, 6.45) is 1.80. The first kappa shape index (κ1) is 8.00. The molecule has 0 N–H and O–H groups in total. The van der Waals surface area contributed by atoms with Crippen molar-refractivity contribution >= 4 is 6.29 Å². The number of rotatable bonds is 2. The molecule has 0 saturated heterocycles. The van der Waals surface area contributed by atoms with Gasteiger partial charge in [-0.15, -0.1) is 0 Å². The number of aldehydes is 1.